The van der Waals surface area contributed by atoms with Crippen molar-refractivity contribution >= 4 is 14.1 Å². The van der Waals surface area contributed by atoms with Crippen molar-refractivity contribution in [2.75, 3.05) is 0 Å². The summed E-state index contributed by atoms with van der Waals surface area (Å²) in [5, 5.41) is 0. The minimum absolute atomic E-state index is 0.189. The fourth-order valence-corrected chi connectivity index (χ4v) is 4.68. The molecule has 0 bridgehead atoms. The Morgan fingerprint density at radius 3 is 2.29 bits per heavy atom. The number of aryl methyl sites for hydroxylation is 1. The lowest BCUT2D eigenvalue weighted by Gasteiger charge is -2.42. The Bertz CT molecular complexity index is 733. The molecule has 0 heterocycles. The van der Waals surface area contributed by atoms with E-state index >= 15 is 0 Å². The lowest BCUT2D eigenvalue weighted by Crippen LogP contribution is -2.43. The zero-order valence-corrected chi connectivity index (χ0v) is 16.0. The molecule has 0 spiro atoms. The van der Waals surface area contributed by atoms with E-state index in [1.54, 1.807) is 0 Å². The monoisotopic (exact) mass is 338 g/mol. The predicted octanol–water partition coefficient (Wildman–Crippen LogP) is 5.41. The van der Waals surface area contributed by atoms with Gasteiger partial charge in [0.25, 0.3) is 0 Å². The van der Waals surface area contributed by atoms with Gasteiger partial charge in [0.05, 0.1) is 11.5 Å². The Labute approximate surface area is 146 Å². The molecule has 0 aromatic heterocycles. The molecule has 1 aliphatic rings. The normalized spacial score (nSPS) is 22.1. The maximum atomic E-state index is 13.4. The average Bonchev–Trinajstić information content (AvgIpc) is 2.56. The van der Waals surface area contributed by atoms with Crippen molar-refractivity contribution in [3.63, 3.8) is 0 Å². The molecule has 0 aliphatic heterocycles. The Hall–Kier alpha value is -1.71. The van der Waals surface area contributed by atoms with Crippen molar-refractivity contribution in [1.29, 1.82) is 0 Å². The van der Waals surface area contributed by atoms with Crippen LogP contribution in [0.3, 0.4) is 0 Å². The van der Waals surface area contributed by atoms with Gasteiger partial charge in [0, 0.05) is 5.56 Å². The van der Waals surface area contributed by atoms with Gasteiger partial charge in [-0.1, -0.05) is 54.6 Å². The van der Waals surface area contributed by atoms with Crippen molar-refractivity contribution in [2.24, 2.45) is 5.41 Å². The molecule has 0 amide bonds. The molecule has 0 N–H and O–H groups in total. The van der Waals surface area contributed by atoms with E-state index in [0.29, 0.717) is 0 Å². The highest BCUT2D eigenvalue weighted by molar-refractivity contribution is 6.69. The van der Waals surface area contributed by atoms with Crippen molar-refractivity contribution in [2.45, 2.75) is 45.5 Å². The molecule has 2 aromatic rings. The van der Waals surface area contributed by atoms with Crippen LogP contribution in [-0.4, -0.2) is 14.1 Å². The number of carbonyl (C=O) groups excluding carboxylic acids is 1. The molecule has 2 atom stereocenters. The standard InChI is InChI=1S/C21H26O2Si/c1-21(15-14-16-10-8-9-13-18(16)19(21)22)20(23-24(2,3)4)17-11-6-5-7-12-17/h5-13,20H,14-15H2,1-4H3/t20-,21-/m0/s1. The van der Waals surface area contributed by atoms with Gasteiger partial charge in [-0.15, -0.1) is 0 Å². The molecule has 0 saturated heterocycles. The molecule has 1 aliphatic carbocycles. The van der Waals surface area contributed by atoms with E-state index < -0.39 is 13.7 Å². The van der Waals surface area contributed by atoms with Gasteiger partial charge in [-0.3, -0.25) is 4.79 Å². The summed E-state index contributed by atoms with van der Waals surface area (Å²) in [6, 6.07) is 18.3. The third-order valence-corrected chi connectivity index (χ3v) is 5.79. The summed E-state index contributed by atoms with van der Waals surface area (Å²) in [6.07, 6.45) is 1.56. The van der Waals surface area contributed by atoms with Gasteiger partial charge in [0.2, 0.25) is 0 Å². The first-order valence-electron chi connectivity index (χ1n) is 8.67. The van der Waals surface area contributed by atoms with Gasteiger partial charge in [-0.05, 0) is 50.5 Å². The number of ketones is 1. The van der Waals surface area contributed by atoms with Gasteiger partial charge in [-0.25, -0.2) is 0 Å². The SMILES string of the molecule is C[C@]1([C@@H](O[Si](C)(C)C)c2ccccc2)CCc2ccccc2C1=O. The van der Waals surface area contributed by atoms with E-state index in [-0.39, 0.29) is 11.9 Å². The van der Waals surface area contributed by atoms with Crippen molar-refractivity contribution in [3.05, 3.63) is 71.3 Å². The molecule has 2 nitrogen and oxygen atoms in total. The van der Waals surface area contributed by atoms with Crippen LogP contribution in [0.1, 0.15) is 40.9 Å². The van der Waals surface area contributed by atoms with E-state index in [4.69, 9.17) is 4.43 Å². The third kappa shape index (κ3) is 3.24. The van der Waals surface area contributed by atoms with Crippen LogP contribution in [-0.2, 0) is 10.8 Å². The van der Waals surface area contributed by atoms with Crippen LogP contribution in [0.4, 0.5) is 0 Å². The fraction of sp³-hybridized carbons (Fsp3) is 0.381. The smallest absolute Gasteiger partial charge is 0.184 e. The summed E-state index contributed by atoms with van der Waals surface area (Å²) in [5.41, 5.74) is 2.62. The molecule has 126 valence electrons. The molecule has 3 heteroatoms. The number of rotatable bonds is 4. The van der Waals surface area contributed by atoms with Crippen LogP contribution >= 0.6 is 0 Å². The number of hydrogen-bond acceptors (Lipinski definition) is 2. The zero-order chi connectivity index (χ0) is 17.4. The van der Waals surface area contributed by atoms with E-state index in [0.717, 1.165) is 24.0 Å². The molecule has 2 aromatic carbocycles. The molecule has 0 radical (unpaired) electrons. The van der Waals surface area contributed by atoms with Crippen LogP contribution in [0.2, 0.25) is 19.6 Å². The van der Waals surface area contributed by atoms with Gasteiger partial charge in [0.15, 0.2) is 14.1 Å². The Kier molecular flexibility index (Phi) is 4.50. The molecule has 24 heavy (non-hydrogen) atoms. The number of fused-ring (bicyclic) bond motifs is 1. The number of benzene rings is 2. The largest absolute Gasteiger partial charge is 0.410 e. The van der Waals surface area contributed by atoms with E-state index in [9.17, 15) is 4.79 Å². The van der Waals surface area contributed by atoms with Gasteiger partial charge in [-0.2, -0.15) is 0 Å². The molecule has 0 unspecified atom stereocenters. The summed E-state index contributed by atoms with van der Waals surface area (Å²) in [7, 11) is -1.81. The van der Waals surface area contributed by atoms with Crippen molar-refractivity contribution in [1.82, 2.24) is 0 Å². The molecule has 3 rings (SSSR count). The third-order valence-electron chi connectivity index (χ3n) is 4.85. The second-order valence-electron chi connectivity index (χ2n) is 7.92. The second kappa shape index (κ2) is 6.30. The maximum absolute atomic E-state index is 13.4. The predicted molar refractivity (Wildman–Crippen MR) is 101 cm³/mol. The van der Waals surface area contributed by atoms with Crippen LogP contribution in [0.25, 0.3) is 0 Å². The first-order chi connectivity index (χ1) is 11.3. The lowest BCUT2D eigenvalue weighted by molar-refractivity contribution is 0.0333. The minimum Gasteiger partial charge on any atom is -0.410 e. The highest BCUT2D eigenvalue weighted by atomic mass is 28.4. The fourth-order valence-electron chi connectivity index (χ4n) is 3.57. The summed E-state index contributed by atoms with van der Waals surface area (Å²) < 4.78 is 6.57. The van der Waals surface area contributed by atoms with E-state index in [1.165, 1.54) is 5.56 Å². The van der Waals surface area contributed by atoms with Crippen LogP contribution < -0.4 is 0 Å². The molecular weight excluding hydrogens is 312 g/mol. The first kappa shape index (κ1) is 17.1. The molecule has 0 fully saturated rings. The van der Waals surface area contributed by atoms with Crippen molar-refractivity contribution in [3.8, 4) is 0 Å². The zero-order valence-electron chi connectivity index (χ0n) is 15.0. The Morgan fingerprint density at radius 1 is 1.00 bits per heavy atom. The Morgan fingerprint density at radius 2 is 1.62 bits per heavy atom. The quantitative estimate of drug-likeness (QED) is 0.696. The van der Waals surface area contributed by atoms with E-state index in [2.05, 4.69) is 44.8 Å². The maximum Gasteiger partial charge on any atom is 0.184 e. The first-order valence-corrected chi connectivity index (χ1v) is 12.1. The summed E-state index contributed by atoms with van der Waals surface area (Å²) in [4.78, 5) is 13.4. The van der Waals surface area contributed by atoms with E-state index in [1.807, 2.05) is 36.4 Å². The highest BCUT2D eigenvalue weighted by Crippen LogP contribution is 2.47. The van der Waals surface area contributed by atoms with Gasteiger partial charge < -0.3 is 4.43 Å². The van der Waals surface area contributed by atoms with Gasteiger partial charge >= 0.3 is 0 Å². The molecular formula is C21H26O2Si. The second-order valence-corrected chi connectivity index (χ2v) is 12.4. The summed E-state index contributed by atoms with van der Waals surface area (Å²) >= 11 is 0. The number of carbonyl (C=O) groups is 1. The average molecular weight is 339 g/mol. The molecule has 0 saturated carbocycles. The summed E-state index contributed by atoms with van der Waals surface area (Å²) in [6.45, 7) is 8.65. The lowest BCUT2D eigenvalue weighted by atomic mass is 9.67. The topological polar surface area (TPSA) is 26.3 Å². The van der Waals surface area contributed by atoms with Gasteiger partial charge in [0.1, 0.15) is 0 Å². The van der Waals surface area contributed by atoms with Crippen LogP contribution in [0.5, 0.6) is 0 Å². The van der Waals surface area contributed by atoms with Crippen LogP contribution in [0, 0.1) is 5.41 Å². The minimum atomic E-state index is -1.81. The number of Topliss-reactive ketones (excluding diaryl/α,β-unsaturated/α-hetero) is 1. The number of hydrogen-bond donors (Lipinski definition) is 0. The highest BCUT2D eigenvalue weighted by Gasteiger charge is 2.47. The van der Waals surface area contributed by atoms with Crippen molar-refractivity contribution < 1.29 is 9.22 Å². The Balaban J connectivity index is 2.06. The van der Waals surface area contributed by atoms with Crippen LogP contribution in [0.15, 0.2) is 54.6 Å². The summed E-state index contributed by atoms with van der Waals surface area (Å²) in [5.74, 6) is 0.219.